The summed E-state index contributed by atoms with van der Waals surface area (Å²) >= 11 is 3.40. The molecule has 0 bridgehead atoms. The summed E-state index contributed by atoms with van der Waals surface area (Å²) in [5.41, 5.74) is 4.35. The molecule has 0 aliphatic carbocycles. The Bertz CT molecular complexity index is 957. The first kappa shape index (κ1) is 19.2. The molecule has 0 saturated heterocycles. The first-order chi connectivity index (χ1) is 12.9. The van der Waals surface area contributed by atoms with Crippen molar-refractivity contribution in [3.8, 4) is 5.75 Å². The average Bonchev–Trinajstić information content (AvgIpc) is 3.08. The standard InChI is InChI=1S/C19H22BrN5O2/c1-12-17(20)10-24(22-12)11-18(26)21-19-13(2)23-25(14(19)3)9-15-6-5-7-16(8-15)27-4/h5-8,10H,9,11H2,1-4H3,(H,21,26). The molecule has 27 heavy (non-hydrogen) atoms. The normalized spacial score (nSPS) is 10.9. The van der Waals surface area contributed by atoms with Gasteiger partial charge in [0.1, 0.15) is 12.3 Å². The number of aryl methyl sites for hydroxylation is 2. The van der Waals surface area contributed by atoms with E-state index in [2.05, 4.69) is 31.4 Å². The molecule has 7 nitrogen and oxygen atoms in total. The lowest BCUT2D eigenvalue weighted by Gasteiger charge is -2.08. The molecule has 3 aromatic rings. The number of nitrogens with one attached hydrogen (secondary N) is 1. The molecule has 142 valence electrons. The predicted octanol–water partition coefficient (Wildman–Crippen LogP) is 3.46. The van der Waals surface area contributed by atoms with E-state index >= 15 is 0 Å². The van der Waals surface area contributed by atoms with E-state index < -0.39 is 0 Å². The Morgan fingerprint density at radius 2 is 2.00 bits per heavy atom. The second-order valence-electron chi connectivity index (χ2n) is 6.36. The lowest BCUT2D eigenvalue weighted by molar-refractivity contribution is -0.116. The quantitative estimate of drug-likeness (QED) is 0.648. The first-order valence-corrected chi connectivity index (χ1v) is 9.33. The topological polar surface area (TPSA) is 74.0 Å². The smallest absolute Gasteiger partial charge is 0.246 e. The van der Waals surface area contributed by atoms with Crippen molar-refractivity contribution in [2.24, 2.45) is 0 Å². The Hall–Kier alpha value is -2.61. The van der Waals surface area contributed by atoms with Crippen LogP contribution in [0.3, 0.4) is 0 Å². The molecule has 0 spiro atoms. The number of amides is 1. The van der Waals surface area contributed by atoms with Crippen molar-refractivity contribution in [3.63, 3.8) is 0 Å². The van der Waals surface area contributed by atoms with Gasteiger partial charge in [-0.05, 0) is 54.4 Å². The molecule has 2 heterocycles. The summed E-state index contributed by atoms with van der Waals surface area (Å²) in [6, 6.07) is 7.86. The highest BCUT2D eigenvalue weighted by Gasteiger charge is 2.15. The summed E-state index contributed by atoms with van der Waals surface area (Å²) in [5.74, 6) is 0.667. The number of nitrogens with zero attached hydrogens (tertiary/aromatic N) is 4. The zero-order valence-corrected chi connectivity index (χ0v) is 17.4. The Morgan fingerprint density at radius 3 is 2.67 bits per heavy atom. The molecule has 2 aromatic heterocycles. The number of aromatic nitrogens is 4. The van der Waals surface area contributed by atoms with Gasteiger partial charge in [0.25, 0.3) is 0 Å². The number of benzene rings is 1. The monoisotopic (exact) mass is 431 g/mol. The Kier molecular flexibility index (Phi) is 5.65. The van der Waals surface area contributed by atoms with Gasteiger partial charge in [-0.25, -0.2) is 0 Å². The molecule has 1 aromatic carbocycles. The highest BCUT2D eigenvalue weighted by molar-refractivity contribution is 9.10. The Labute approximate surface area is 166 Å². The van der Waals surface area contributed by atoms with Crippen LogP contribution in [0.2, 0.25) is 0 Å². The summed E-state index contributed by atoms with van der Waals surface area (Å²) in [6.45, 7) is 6.47. The summed E-state index contributed by atoms with van der Waals surface area (Å²) in [7, 11) is 1.65. The number of carbonyl (C=O) groups is 1. The van der Waals surface area contributed by atoms with Gasteiger partial charge in [-0.1, -0.05) is 12.1 Å². The fourth-order valence-corrected chi connectivity index (χ4v) is 3.19. The molecular weight excluding hydrogens is 410 g/mol. The Morgan fingerprint density at radius 1 is 1.22 bits per heavy atom. The second kappa shape index (κ2) is 7.96. The number of anilines is 1. The summed E-state index contributed by atoms with van der Waals surface area (Å²) in [4.78, 5) is 12.4. The molecule has 0 unspecified atom stereocenters. The minimum absolute atomic E-state index is 0.142. The van der Waals surface area contributed by atoms with Crippen molar-refractivity contribution in [1.82, 2.24) is 19.6 Å². The number of ether oxygens (including phenoxy) is 1. The summed E-state index contributed by atoms with van der Waals surface area (Å²) in [5, 5.41) is 11.8. The molecule has 1 amide bonds. The molecule has 0 aliphatic rings. The molecular formula is C19H22BrN5O2. The number of hydrogen-bond donors (Lipinski definition) is 1. The molecule has 3 rings (SSSR count). The van der Waals surface area contributed by atoms with Gasteiger partial charge >= 0.3 is 0 Å². The van der Waals surface area contributed by atoms with Crippen LogP contribution in [0.15, 0.2) is 34.9 Å². The highest BCUT2D eigenvalue weighted by Crippen LogP contribution is 2.22. The van der Waals surface area contributed by atoms with Crippen molar-refractivity contribution in [2.45, 2.75) is 33.9 Å². The van der Waals surface area contributed by atoms with Crippen LogP contribution in [0.1, 0.15) is 22.6 Å². The van der Waals surface area contributed by atoms with Gasteiger partial charge in [0.15, 0.2) is 0 Å². The zero-order chi connectivity index (χ0) is 19.6. The van der Waals surface area contributed by atoms with E-state index in [0.29, 0.717) is 6.54 Å². The van der Waals surface area contributed by atoms with E-state index in [4.69, 9.17) is 4.74 Å². The summed E-state index contributed by atoms with van der Waals surface area (Å²) in [6.07, 6.45) is 1.79. The van der Waals surface area contributed by atoms with Gasteiger partial charge in [-0.3, -0.25) is 14.2 Å². The minimum atomic E-state index is -0.142. The molecule has 0 radical (unpaired) electrons. The lowest BCUT2D eigenvalue weighted by atomic mass is 10.2. The van der Waals surface area contributed by atoms with Crippen LogP contribution in [0, 0.1) is 20.8 Å². The van der Waals surface area contributed by atoms with Crippen molar-refractivity contribution in [1.29, 1.82) is 0 Å². The zero-order valence-electron chi connectivity index (χ0n) is 15.8. The van der Waals surface area contributed by atoms with Gasteiger partial charge in [0.05, 0.1) is 40.9 Å². The van der Waals surface area contributed by atoms with E-state index in [1.54, 1.807) is 18.0 Å². The van der Waals surface area contributed by atoms with Gasteiger partial charge in [0.2, 0.25) is 5.91 Å². The van der Waals surface area contributed by atoms with Crippen LogP contribution in [-0.2, 0) is 17.9 Å². The Balaban J connectivity index is 1.73. The fourth-order valence-electron chi connectivity index (χ4n) is 2.88. The van der Waals surface area contributed by atoms with Gasteiger partial charge in [0, 0.05) is 6.20 Å². The maximum absolute atomic E-state index is 12.4. The van der Waals surface area contributed by atoms with E-state index in [1.165, 1.54) is 0 Å². The number of halogens is 1. The average molecular weight is 432 g/mol. The lowest BCUT2D eigenvalue weighted by Crippen LogP contribution is -2.20. The van der Waals surface area contributed by atoms with Crippen LogP contribution in [0.25, 0.3) is 0 Å². The highest BCUT2D eigenvalue weighted by atomic mass is 79.9. The third-order valence-electron chi connectivity index (χ3n) is 4.30. The van der Waals surface area contributed by atoms with Crippen molar-refractivity contribution in [3.05, 3.63) is 57.6 Å². The second-order valence-corrected chi connectivity index (χ2v) is 7.22. The van der Waals surface area contributed by atoms with E-state index in [-0.39, 0.29) is 12.5 Å². The molecule has 0 fully saturated rings. The number of carbonyl (C=O) groups excluding carboxylic acids is 1. The molecule has 0 aliphatic heterocycles. The first-order valence-electron chi connectivity index (χ1n) is 8.53. The molecule has 0 atom stereocenters. The predicted molar refractivity (Wildman–Crippen MR) is 107 cm³/mol. The largest absolute Gasteiger partial charge is 0.497 e. The van der Waals surface area contributed by atoms with Gasteiger partial charge in [-0.2, -0.15) is 10.2 Å². The van der Waals surface area contributed by atoms with Crippen molar-refractivity contribution in [2.75, 3.05) is 12.4 Å². The maximum atomic E-state index is 12.4. The van der Waals surface area contributed by atoms with E-state index in [1.807, 2.05) is 49.7 Å². The number of hydrogen-bond acceptors (Lipinski definition) is 4. The van der Waals surface area contributed by atoms with Crippen LogP contribution < -0.4 is 10.1 Å². The van der Waals surface area contributed by atoms with Crippen LogP contribution >= 0.6 is 15.9 Å². The van der Waals surface area contributed by atoms with Gasteiger partial charge < -0.3 is 10.1 Å². The fraction of sp³-hybridized carbons (Fsp3) is 0.316. The third-order valence-corrected chi connectivity index (χ3v) is 5.08. The van der Waals surface area contributed by atoms with Crippen LogP contribution in [0.4, 0.5) is 5.69 Å². The van der Waals surface area contributed by atoms with Gasteiger partial charge in [-0.15, -0.1) is 0 Å². The van der Waals surface area contributed by atoms with E-state index in [0.717, 1.165) is 38.6 Å². The number of methoxy groups -OCH3 is 1. The van der Waals surface area contributed by atoms with E-state index in [9.17, 15) is 4.79 Å². The third kappa shape index (κ3) is 4.39. The minimum Gasteiger partial charge on any atom is -0.497 e. The van der Waals surface area contributed by atoms with Crippen molar-refractivity contribution < 1.29 is 9.53 Å². The summed E-state index contributed by atoms with van der Waals surface area (Å²) < 4.78 is 9.65. The maximum Gasteiger partial charge on any atom is 0.246 e. The number of rotatable bonds is 6. The van der Waals surface area contributed by atoms with Crippen LogP contribution in [0.5, 0.6) is 5.75 Å². The molecule has 1 N–H and O–H groups in total. The SMILES string of the molecule is COc1cccc(Cn2nc(C)c(NC(=O)Cn3cc(Br)c(C)n3)c2C)c1. The van der Waals surface area contributed by atoms with Crippen molar-refractivity contribution >= 4 is 27.5 Å². The molecule has 0 saturated carbocycles. The molecule has 8 heteroatoms. The van der Waals surface area contributed by atoms with Crippen LogP contribution in [-0.4, -0.2) is 32.6 Å².